The van der Waals surface area contributed by atoms with Crippen molar-refractivity contribution in [3.63, 3.8) is 0 Å². The van der Waals surface area contributed by atoms with Gasteiger partial charge in [-0.05, 0) is 41.7 Å². The lowest BCUT2D eigenvalue weighted by molar-refractivity contribution is -0.122. The van der Waals surface area contributed by atoms with E-state index < -0.39 is 5.54 Å². The molecule has 0 saturated carbocycles. The van der Waals surface area contributed by atoms with Crippen LogP contribution in [0.1, 0.15) is 45.6 Å². The minimum Gasteiger partial charge on any atom is -0.494 e. The predicted octanol–water partition coefficient (Wildman–Crippen LogP) is 3.66. The molecule has 1 aliphatic rings. The molecule has 0 aliphatic carbocycles. The zero-order chi connectivity index (χ0) is 17.6. The molecule has 1 unspecified atom stereocenters. The summed E-state index contributed by atoms with van der Waals surface area (Å²) in [6.45, 7) is 7.03. The third-order valence-electron chi connectivity index (χ3n) is 4.15. The van der Waals surface area contributed by atoms with Crippen LogP contribution in [0.25, 0.3) is 0 Å². The first-order chi connectivity index (χ1) is 11.3. The minimum absolute atomic E-state index is 0.0641. The molecule has 1 fully saturated rings. The number of thioether (sulfide) groups is 1. The van der Waals surface area contributed by atoms with E-state index in [1.807, 2.05) is 12.1 Å². The summed E-state index contributed by atoms with van der Waals surface area (Å²) in [5, 5.41) is 12.2. The Kier molecular flexibility index (Phi) is 6.17. The number of carbonyl (C=O) groups is 1. The molecule has 1 aliphatic heterocycles. The number of carbonyl (C=O) groups excluding carboxylic acids is 1. The zero-order valence-corrected chi connectivity index (χ0v) is 15.5. The van der Waals surface area contributed by atoms with Crippen LogP contribution in [0.2, 0.25) is 0 Å². The number of benzene rings is 1. The van der Waals surface area contributed by atoms with E-state index in [1.165, 1.54) is 5.56 Å². The third-order valence-corrected chi connectivity index (χ3v) is 5.34. The second kappa shape index (κ2) is 7.94. The van der Waals surface area contributed by atoms with E-state index in [0.717, 1.165) is 17.9 Å². The lowest BCUT2D eigenvalue weighted by Gasteiger charge is -2.21. The van der Waals surface area contributed by atoms with Crippen LogP contribution in [0.15, 0.2) is 24.3 Å². The highest BCUT2D eigenvalue weighted by Crippen LogP contribution is 2.27. The van der Waals surface area contributed by atoms with Crippen LogP contribution < -0.4 is 10.1 Å². The summed E-state index contributed by atoms with van der Waals surface area (Å²) in [6, 6.07) is 10.4. The number of hydrogen-bond donors (Lipinski definition) is 1. The number of rotatable bonds is 6. The van der Waals surface area contributed by atoms with E-state index in [-0.39, 0.29) is 11.3 Å². The maximum Gasteiger partial charge on any atom is 0.221 e. The molecular weight excluding hydrogens is 320 g/mol. The molecule has 1 aromatic rings. The Bertz CT molecular complexity index is 593. The first-order valence-electron chi connectivity index (χ1n) is 8.38. The lowest BCUT2D eigenvalue weighted by atomic mass is 9.87. The van der Waals surface area contributed by atoms with Crippen LogP contribution in [-0.4, -0.2) is 29.6 Å². The average Bonchev–Trinajstić information content (AvgIpc) is 3.00. The second-order valence-electron chi connectivity index (χ2n) is 7.27. The number of amides is 1. The molecule has 0 bridgehead atoms. The van der Waals surface area contributed by atoms with Crippen LogP contribution >= 0.6 is 11.8 Å². The maximum absolute atomic E-state index is 12.0. The second-order valence-corrected chi connectivity index (χ2v) is 8.38. The molecular formula is C19H26N2O2S. The fraction of sp³-hybridized carbons (Fsp3) is 0.579. The quantitative estimate of drug-likeness (QED) is 0.799. The van der Waals surface area contributed by atoms with Gasteiger partial charge in [-0.1, -0.05) is 32.9 Å². The number of nitrogens with one attached hydrogen (secondary N) is 1. The Balaban J connectivity index is 1.71. The highest BCUT2D eigenvalue weighted by atomic mass is 32.2. The monoisotopic (exact) mass is 346 g/mol. The van der Waals surface area contributed by atoms with Gasteiger partial charge >= 0.3 is 0 Å². The molecule has 5 heteroatoms. The Morgan fingerprint density at radius 2 is 2.08 bits per heavy atom. The van der Waals surface area contributed by atoms with Gasteiger partial charge in [-0.2, -0.15) is 17.0 Å². The van der Waals surface area contributed by atoms with Crippen LogP contribution in [-0.2, 0) is 10.2 Å². The van der Waals surface area contributed by atoms with E-state index in [1.54, 1.807) is 11.8 Å². The highest BCUT2D eigenvalue weighted by Gasteiger charge is 2.35. The van der Waals surface area contributed by atoms with Crippen molar-refractivity contribution < 1.29 is 9.53 Å². The maximum atomic E-state index is 12.0. The van der Waals surface area contributed by atoms with Gasteiger partial charge in [-0.25, -0.2) is 0 Å². The van der Waals surface area contributed by atoms with Gasteiger partial charge in [0.25, 0.3) is 0 Å². The molecule has 0 aromatic heterocycles. The lowest BCUT2D eigenvalue weighted by Crippen LogP contribution is -2.47. The van der Waals surface area contributed by atoms with Crippen LogP contribution in [0, 0.1) is 11.3 Å². The van der Waals surface area contributed by atoms with Gasteiger partial charge in [-0.3, -0.25) is 4.79 Å². The molecule has 24 heavy (non-hydrogen) atoms. The molecule has 4 nitrogen and oxygen atoms in total. The van der Waals surface area contributed by atoms with Gasteiger partial charge in [0.1, 0.15) is 11.3 Å². The first-order valence-corrected chi connectivity index (χ1v) is 9.53. The largest absolute Gasteiger partial charge is 0.494 e. The molecule has 130 valence electrons. The summed E-state index contributed by atoms with van der Waals surface area (Å²) in [4.78, 5) is 12.0. The zero-order valence-electron chi connectivity index (χ0n) is 14.7. The van der Waals surface area contributed by atoms with Crippen molar-refractivity contribution >= 4 is 17.7 Å². The molecule has 0 radical (unpaired) electrons. The number of ether oxygens (including phenoxy) is 1. The summed E-state index contributed by atoms with van der Waals surface area (Å²) >= 11 is 1.71. The van der Waals surface area contributed by atoms with Crippen molar-refractivity contribution in [3.05, 3.63) is 29.8 Å². The average molecular weight is 346 g/mol. The summed E-state index contributed by atoms with van der Waals surface area (Å²) in [6.07, 6.45) is 1.76. The van der Waals surface area contributed by atoms with Crippen molar-refractivity contribution in [2.45, 2.75) is 51.0 Å². The summed E-state index contributed by atoms with van der Waals surface area (Å²) in [5.74, 6) is 2.38. The molecule has 1 amide bonds. The van der Waals surface area contributed by atoms with E-state index in [2.05, 4.69) is 44.3 Å². The minimum atomic E-state index is -0.661. The summed E-state index contributed by atoms with van der Waals surface area (Å²) in [7, 11) is 0. The molecule has 0 spiro atoms. The number of hydrogen-bond acceptors (Lipinski definition) is 4. The van der Waals surface area contributed by atoms with Gasteiger partial charge in [0.2, 0.25) is 5.91 Å². The number of nitriles is 1. The summed E-state index contributed by atoms with van der Waals surface area (Å²) in [5.41, 5.74) is 0.738. The molecule has 1 N–H and O–H groups in total. The van der Waals surface area contributed by atoms with Gasteiger partial charge in [0.15, 0.2) is 0 Å². The molecule has 1 aromatic carbocycles. The van der Waals surface area contributed by atoms with Crippen LogP contribution in [0.3, 0.4) is 0 Å². The summed E-state index contributed by atoms with van der Waals surface area (Å²) < 4.78 is 5.70. The van der Waals surface area contributed by atoms with Crippen molar-refractivity contribution in [3.8, 4) is 11.8 Å². The van der Waals surface area contributed by atoms with Gasteiger partial charge in [0.05, 0.1) is 12.7 Å². The van der Waals surface area contributed by atoms with Crippen LogP contribution in [0.5, 0.6) is 5.75 Å². The molecule has 2 rings (SSSR count). The van der Waals surface area contributed by atoms with Gasteiger partial charge in [0, 0.05) is 12.2 Å². The fourth-order valence-corrected chi connectivity index (χ4v) is 3.85. The van der Waals surface area contributed by atoms with E-state index in [4.69, 9.17) is 4.74 Å². The van der Waals surface area contributed by atoms with Crippen molar-refractivity contribution in [2.24, 2.45) is 0 Å². The topological polar surface area (TPSA) is 62.1 Å². The molecule has 1 heterocycles. The standard InChI is InChI=1S/C19H26N2O2S/c1-18(2,3)15-6-8-16(9-7-15)23-11-4-5-17(22)21-19(13-20)10-12-24-14-19/h6-9H,4-5,10-12,14H2,1-3H3,(H,21,22). The smallest absolute Gasteiger partial charge is 0.221 e. The van der Waals surface area contributed by atoms with Gasteiger partial charge in [-0.15, -0.1) is 0 Å². The Morgan fingerprint density at radius 3 is 2.62 bits per heavy atom. The van der Waals surface area contributed by atoms with E-state index in [0.29, 0.717) is 25.2 Å². The van der Waals surface area contributed by atoms with Crippen molar-refractivity contribution in [1.29, 1.82) is 5.26 Å². The van der Waals surface area contributed by atoms with Crippen LogP contribution in [0.4, 0.5) is 0 Å². The van der Waals surface area contributed by atoms with Crippen molar-refractivity contribution in [2.75, 3.05) is 18.1 Å². The van der Waals surface area contributed by atoms with Crippen molar-refractivity contribution in [1.82, 2.24) is 5.32 Å². The third kappa shape index (κ3) is 5.17. The van der Waals surface area contributed by atoms with Gasteiger partial charge < -0.3 is 10.1 Å². The normalized spacial score (nSPS) is 20.4. The Morgan fingerprint density at radius 1 is 1.38 bits per heavy atom. The fourth-order valence-electron chi connectivity index (χ4n) is 2.58. The highest BCUT2D eigenvalue weighted by molar-refractivity contribution is 7.99. The first kappa shape index (κ1) is 18.7. The number of nitrogens with zero attached hydrogens (tertiary/aromatic N) is 1. The molecule has 1 atom stereocenters. The molecule has 1 saturated heterocycles. The van der Waals surface area contributed by atoms with E-state index in [9.17, 15) is 10.1 Å². The SMILES string of the molecule is CC(C)(C)c1ccc(OCCCC(=O)NC2(C#N)CCSC2)cc1. The Hall–Kier alpha value is -1.67. The van der Waals surface area contributed by atoms with E-state index >= 15 is 0 Å². The predicted molar refractivity (Wildman–Crippen MR) is 98.3 cm³/mol. The Labute approximate surface area is 149 Å².